The van der Waals surface area contributed by atoms with Crippen LogP contribution in [-0.2, 0) is 6.18 Å². The Labute approximate surface area is 201 Å². The molecule has 0 spiro atoms. The van der Waals surface area contributed by atoms with Crippen LogP contribution < -0.4 is 15.5 Å². The second-order valence-electron chi connectivity index (χ2n) is 6.39. The van der Waals surface area contributed by atoms with Crippen molar-refractivity contribution in [1.29, 1.82) is 0 Å². The maximum absolute atomic E-state index is 13.2. The molecule has 0 radical (unpaired) electrons. The number of carbonyl (C=O) groups is 1. The number of hydrogen-bond donors (Lipinski definition) is 2. The number of anilines is 2. The minimum absolute atomic E-state index is 0.206. The summed E-state index contributed by atoms with van der Waals surface area (Å²) in [5.74, 6) is -0.940. The maximum Gasteiger partial charge on any atom is 0.433 e. The Balaban J connectivity index is 1.95. The highest BCUT2D eigenvalue weighted by Crippen LogP contribution is 2.34. The number of aromatic nitrogens is 1. The summed E-state index contributed by atoms with van der Waals surface area (Å²) in [5.41, 5.74) is 1.37. The standard InChI is InChI=1S/C21H14Cl3F3N4O2/c1-33-17-7-5-11(22)9-16(17)29-19-12(6-8-18(30-19)21(25,26)27)20(32)31-28-10-13-14(23)3-2-4-15(13)24/h2-10H,1H3,(H,29,30)(H,31,32)/b28-10+. The number of carbonyl (C=O) groups excluding carboxylic acids is 1. The van der Waals surface area contributed by atoms with Crippen LogP contribution in [0.2, 0.25) is 15.1 Å². The number of nitrogens with one attached hydrogen (secondary N) is 2. The molecule has 0 aliphatic heterocycles. The SMILES string of the molecule is COc1ccc(Cl)cc1Nc1nc(C(F)(F)F)ccc1C(=O)N/N=C/c1c(Cl)cccc1Cl. The van der Waals surface area contributed by atoms with Gasteiger partial charge in [-0.1, -0.05) is 40.9 Å². The van der Waals surface area contributed by atoms with Gasteiger partial charge in [-0.15, -0.1) is 0 Å². The van der Waals surface area contributed by atoms with Crippen LogP contribution in [0.15, 0.2) is 53.6 Å². The zero-order valence-electron chi connectivity index (χ0n) is 16.7. The minimum atomic E-state index is -4.73. The fourth-order valence-corrected chi connectivity index (χ4v) is 3.32. The van der Waals surface area contributed by atoms with Crippen LogP contribution in [0.25, 0.3) is 0 Å². The first kappa shape index (κ1) is 24.6. The van der Waals surface area contributed by atoms with Gasteiger partial charge in [-0.25, -0.2) is 10.4 Å². The molecule has 0 aliphatic carbocycles. The third-order valence-electron chi connectivity index (χ3n) is 4.20. The average molecular weight is 518 g/mol. The third kappa shape index (κ3) is 6.07. The molecule has 1 amide bonds. The van der Waals surface area contributed by atoms with Crippen LogP contribution in [0.1, 0.15) is 21.6 Å². The van der Waals surface area contributed by atoms with Crippen LogP contribution in [0, 0.1) is 0 Å². The molecule has 3 rings (SSSR count). The van der Waals surface area contributed by atoms with E-state index in [0.29, 0.717) is 21.7 Å². The van der Waals surface area contributed by atoms with Crippen LogP contribution in [0.4, 0.5) is 24.7 Å². The molecule has 6 nitrogen and oxygen atoms in total. The summed E-state index contributed by atoms with van der Waals surface area (Å²) >= 11 is 18.1. The molecule has 0 saturated heterocycles. The van der Waals surface area contributed by atoms with E-state index in [1.54, 1.807) is 18.2 Å². The number of benzene rings is 2. The number of alkyl halides is 3. The van der Waals surface area contributed by atoms with Crippen molar-refractivity contribution >= 4 is 58.4 Å². The zero-order chi connectivity index (χ0) is 24.2. The van der Waals surface area contributed by atoms with E-state index in [0.717, 1.165) is 6.07 Å². The van der Waals surface area contributed by atoms with Crippen molar-refractivity contribution in [3.8, 4) is 5.75 Å². The monoisotopic (exact) mass is 516 g/mol. The summed E-state index contributed by atoms with van der Waals surface area (Å²) in [6, 6.07) is 10.9. The Morgan fingerprint density at radius 3 is 2.42 bits per heavy atom. The number of hydrogen-bond acceptors (Lipinski definition) is 5. The number of rotatable bonds is 6. The highest BCUT2D eigenvalue weighted by molar-refractivity contribution is 6.38. The quantitative estimate of drug-likeness (QED) is 0.286. The van der Waals surface area contributed by atoms with Gasteiger partial charge >= 0.3 is 6.18 Å². The second-order valence-corrected chi connectivity index (χ2v) is 7.65. The summed E-state index contributed by atoms with van der Waals surface area (Å²) in [5, 5.41) is 7.35. The lowest BCUT2D eigenvalue weighted by molar-refractivity contribution is -0.141. The molecule has 1 aromatic heterocycles. The number of amides is 1. The summed E-state index contributed by atoms with van der Waals surface area (Å²) in [7, 11) is 1.37. The van der Waals surface area contributed by atoms with Gasteiger partial charge in [-0.2, -0.15) is 18.3 Å². The fourth-order valence-electron chi connectivity index (χ4n) is 2.65. The van der Waals surface area contributed by atoms with Gasteiger partial charge in [0.05, 0.1) is 34.6 Å². The molecule has 0 saturated carbocycles. The Kier molecular flexibility index (Phi) is 7.68. The first-order valence-electron chi connectivity index (χ1n) is 9.06. The molecule has 172 valence electrons. The van der Waals surface area contributed by atoms with E-state index in [1.165, 1.54) is 31.5 Å². The largest absolute Gasteiger partial charge is 0.495 e. The van der Waals surface area contributed by atoms with Gasteiger partial charge in [0.2, 0.25) is 0 Å². The Bertz CT molecular complexity index is 1200. The molecule has 0 bridgehead atoms. The average Bonchev–Trinajstić information content (AvgIpc) is 2.75. The first-order chi connectivity index (χ1) is 15.6. The molecule has 0 atom stereocenters. The second kappa shape index (κ2) is 10.3. The van der Waals surface area contributed by atoms with E-state index in [1.807, 2.05) is 0 Å². The number of methoxy groups -OCH3 is 1. The van der Waals surface area contributed by atoms with Gasteiger partial charge in [0.25, 0.3) is 5.91 Å². The van der Waals surface area contributed by atoms with Crippen LogP contribution in [-0.4, -0.2) is 24.2 Å². The number of ether oxygens (including phenoxy) is 1. The van der Waals surface area contributed by atoms with Crippen molar-refractivity contribution < 1.29 is 22.7 Å². The maximum atomic E-state index is 13.2. The molecule has 33 heavy (non-hydrogen) atoms. The lowest BCUT2D eigenvalue weighted by Crippen LogP contribution is -2.21. The van der Waals surface area contributed by atoms with E-state index in [-0.39, 0.29) is 27.8 Å². The highest BCUT2D eigenvalue weighted by Gasteiger charge is 2.33. The van der Waals surface area contributed by atoms with E-state index in [4.69, 9.17) is 39.5 Å². The van der Waals surface area contributed by atoms with Crippen molar-refractivity contribution in [1.82, 2.24) is 10.4 Å². The minimum Gasteiger partial charge on any atom is -0.495 e. The van der Waals surface area contributed by atoms with E-state index in [9.17, 15) is 18.0 Å². The molecule has 3 aromatic rings. The first-order valence-corrected chi connectivity index (χ1v) is 10.2. The van der Waals surface area contributed by atoms with Crippen molar-refractivity contribution in [2.75, 3.05) is 12.4 Å². The number of nitrogens with zero attached hydrogens (tertiary/aromatic N) is 2. The van der Waals surface area contributed by atoms with Crippen molar-refractivity contribution in [3.05, 3.63) is 80.4 Å². The van der Waals surface area contributed by atoms with Gasteiger partial charge in [0.15, 0.2) is 0 Å². The molecule has 0 aliphatic rings. The van der Waals surface area contributed by atoms with Crippen LogP contribution in [0.3, 0.4) is 0 Å². The lowest BCUT2D eigenvalue weighted by Gasteiger charge is -2.15. The van der Waals surface area contributed by atoms with Gasteiger partial charge in [0.1, 0.15) is 17.3 Å². The zero-order valence-corrected chi connectivity index (χ0v) is 18.9. The molecular formula is C21H14Cl3F3N4O2. The molecule has 1 heterocycles. The summed E-state index contributed by atoms with van der Waals surface area (Å²) in [6.45, 7) is 0. The summed E-state index contributed by atoms with van der Waals surface area (Å²) in [4.78, 5) is 16.3. The topological polar surface area (TPSA) is 75.6 Å². The van der Waals surface area contributed by atoms with Crippen molar-refractivity contribution in [2.45, 2.75) is 6.18 Å². The number of halogens is 6. The Morgan fingerprint density at radius 1 is 1.09 bits per heavy atom. The molecule has 2 N–H and O–H groups in total. The molecule has 12 heteroatoms. The third-order valence-corrected chi connectivity index (χ3v) is 5.10. The van der Waals surface area contributed by atoms with Gasteiger partial charge in [-0.3, -0.25) is 4.79 Å². The van der Waals surface area contributed by atoms with Gasteiger partial charge in [-0.05, 0) is 42.5 Å². The summed E-state index contributed by atoms with van der Waals surface area (Å²) < 4.78 is 44.9. The number of hydrazone groups is 1. The Hall–Kier alpha value is -3.01. The molecular weight excluding hydrogens is 504 g/mol. The van der Waals surface area contributed by atoms with Crippen molar-refractivity contribution in [2.24, 2.45) is 5.10 Å². The summed E-state index contributed by atoms with van der Waals surface area (Å²) in [6.07, 6.45) is -3.52. The van der Waals surface area contributed by atoms with E-state index < -0.39 is 17.8 Å². The smallest absolute Gasteiger partial charge is 0.433 e. The van der Waals surface area contributed by atoms with Crippen molar-refractivity contribution in [3.63, 3.8) is 0 Å². The fraction of sp³-hybridized carbons (Fsp3) is 0.0952. The van der Waals surface area contributed by atoms with E-state index in [2.05, 4.69) is 20.8 Å². The van der Waals surface area contributed by atoms with E-state index >= 15 is 0 Å². The van der Waals surface area contributed by atoms with Crippen LogP contribution >= 0.6 is 34.8 Å². The van der Waals surface area contributed by atoms with Crippen LogP contribution in [0.5, 0.6) is 5.75 Å². The lowest BCUT2D eigenvalue weighted by atomic mass is 10.2. The molecule has 0 unspecified atom stereocenters. The highest BCUT2D eigenvalue weighted by atomic mass is 35.5. The Morgan fingerprint density at radius 2 is 1.79 bits per heavy atom. The van der Waals surface area contributed by atoms with Gasteiger partial charge in [0, 0.05) is 10.6 Å². The van der Waals surface area contributed by atoms with Gasteiger partial charge < -0.3 is 10.1 Å². The number of pyridine rings is 1. The molecule has 2 aromatic carbocycles. The predicted molar refractivity (Wildman–Crippen MR) is 122 cm³/mol. The molecule has 0 fully saturated rings. The normalized spacial score (nSPS) is 11.5. The predicted octanol–water partition coefficient (Wildman–Crippen LogP) is 6.58.